The molecule has 1 heterocycles. The highest BCUT2D eigenvalue weighted by atomic mass is 28.3. The largest absolute Gasteiger partial charge is 0.478 e. The number of aliphatic imine (C=N–C) groups is 1. The van der Waals surface area contributed by atoms with Crippen LogP contribution in [0.25, 0.3) is 0 Å². The zero-order valence-electron chi connectivity index (χ0n) is 12.2. The van der Waals surface area contributed by atoms with E-state index >= 15 is 0 Å². The molecule has 0 aromatic heterocycles. The molecule has 0 amide bonds. The molecule has 104 valence electrons. The van der Waals surface area contributed by atoms with Crippen molar-refractivity contribution in [3.05, 3.63) is 12.2 Å². The predicted octanol–water partition coefficient (Wildman–Crippen LogP) is 3.49. The fourth-order valence-electron chi connectivity index (χ4n) is 1.52. The van der Waals surface area contributed by atoms with E-state index < -0.39 is 8.07 Å². The number of nitrogens with zero attached hydrogens (tertiary/aromatic N) is 1. The van der Waals surface area contributed by atoms with Crippen molar-refractivity contribution in [1.29, 1.82) is 0 Å². The van der Waals surface area contributed by atoms with Crippen LogP contribution in [-0.4, -0.2) is 39.8 Å². The van der Waals surface area contributed by atoms with E-state index in [4.69, 9.17) is 9.47 Å². The second kappa shape index (κ2) is 7.74. The fourth-order valence-corrected chi connectivity index (χ4v) is 2.28. The lowest BCUT2D eigenvalue weighted by Gasteiger charge is -2.15. The zero-order chi connectivity index (χ0) is 13.4. The number of hydrogen-bond acceptors (Lipinski definition) is 3. The van der Waals surface area contributed by atoms with E-state index in [1.165, 1.54) is 6.04 Å². The quantitative estimate of drug-likeness (QED) is 0.499. The Hall–Kier alpha value is -0.613. The highest BCUT2D eigenvalue weighted by molar-refractivity contribution is 6.76. The van der Waals surface area contributed by atoms with Crippen molar-refractivity contribution in [2.45, 2.75) is 51.5 Å². The molecule has 0 spiro atoms. The molecule has 0 saturated carbocycles. The summed E-state index contributed by atoms with van der Waals surface area (Å²) in [5.74, 6) is 0.766. The van der Waals surface area contributed by atoms with Crippen molar-refractivity contribution in [2.24, 2.45) is 4.99 Å². The molecule has 0 aromatic rings. The van der Waals surface area contributed by atoms with Crippen LogP contribution in [0.3, 0.4) is 0 Å². The Morgan fingerprint density at radius 3 is 2.72 bits per heavy atom. The summed E-state index contributed by atoms with van der Waals surface area (Å²) in [6.45, 7) is 11.6. The maximum Gasteiger partial charge on any atom is 0.208 e. The number of hydrogen-bond donors (Lipinski definition) is 0. The van der Waals surface area contributed by atoms with Crippen molar-refractivity contribution in [3.63, 3.8) is 0 Å². The molecule has 3 nitrogen and oxygen atoms in total. The molecule has 1 aliphatic rings. The van der Waals surface area contributed by atoms with Gasteiger partial charge >= 0.3 is 0 Å². The Morgan fingerprint density at radius 2 is 2.06 bits per heavy atom. The fraction of sp³-hybridized carbons (Fsp3) is 0.786. The summed E-state index contributed by atoms with van der Waals surface area (Å²) in [5, 5.41) is 0. The van der Waals surface area contributed by atoms with Gasteiger partial charge < -0.3 is 9.47 Å². The van der Waals surface area contributed by atoms with Gasteiger partial charge in [0, 0.05) is 14.7 Å². The first-order valence-corrected chi connectivity index (χ1v) is 10.7. The van der Waals surface area contributed by atoms with Crippen molar-refractivity contribution in [3.8, 4) is 0 Å². The molecule has 0 aromatic carbocycles. The van der Waals surface area contributed by atoms with Gasteiger partial charge in [0.2, 0.25) is 5.90 Å². The molecular weight excluding hydrogens is 242 g/mol. The molecule has 0 bridgehead atoms. The molecule has 4 heteroatoms. The van der Waals surface area contributed by atoms with Crippen LogP contribution in [0.5, 0.6) is 0 Å². The second-order valence-corrected chi connectivity index (χ2v) is 11.6. The van der Waals surface area contributed by atoms with Crippen LogP contribution < -0.4 is 0 Å². The Morgan fingerprint density at radius 1 is 1.28 bits per heavy atom. The lowest BCUT2D eigenvalue weighted by molar-refractivity contribution is 0.142. The SMILES string of the molecule is CCCCOC1=NC(COCC[Si](C)(C)C)C=C1. The monoisotopic (exact) mass is 269 g/mol. The van der Waals surface area contributed by atoms with E-state index in [2.05, 4.69) is 37.6 Å². The maximum atomic E-state index is 5.69. The van der Waals surface area contributed by atoms with Gasteiger partial charge in [0.05, 0.1) is 19.3 Å². The smallest absolute Gasteiger partial charge is 0.208 e. The Balaban J connectivity index is 2.12. The maximum absolute atomic E-state index is 5.69. The molecule has 18 heavy (non-hydrogen) atoms. The van der Waals surface area contributed by atoms with E-state index in [0.29, 0.717) is 6.61 Å². The van der Waals surface area contributed by atoms with E-state index in [0.717, 1.165) is 32.0 Å². The van der Waals surface area contributed by atoms with Gasteiger partial charge in [-0.3, -0.25) is 0 Å². The summed E-state index contributed by atoms with van der Waals surface area (Å²) in [6.07, 6.45) is 6.27. The molecule has 1 aliphatic heterocycles. The first kappa shape index (κ1) is 15.4. The number of unbranched alkanes of at least 4 members (excludes halogenated alkanes) is 1. The summed E-state index contributed by atoms with van der Waals surface area (Å²) in [6, 6.07) is 1.37. The highest BCUT2D eigenvalue weighted by Crippen LogP contribution is 2.10. The minimum atomic E-state index is -0.973. The predicted molar refractivity (Wildman–Crippen MR) is 80.2 cm³/mol. The van der Waals surface area contributed by atoms with Gasteiger partial charge in [-0.2, -0.15) is 0 Å². The topological polar surface area (TPSA) is 30.8 Å². The van der Waals surface area contributed by atoms with Crippen LogP contribution in [-0.2, 0) is 9.47 Å². The Bertz CT molecular complexity index is 295. The Kier molecular flexibility index (Phi) is 6.64. The molecule has 0 saturated heterocycles. The van der Waals surface area contributed by atoms with E-state index in [9.17, 15) is 0 Å². The lowest BCUT2D eigenvalue weighted by Crippen LogP contribution is -2.22. The zero-order valence-corrected chi connectivity index (χ0v) is 13.2. The third kappa shape index (κ3) is 6.96. The summed E-state index contributed by atoms with van der Waals surface area (Å²) < 4.78 is 11.2. The standard InChI is InChI=1S/C14H27NO2Si/c1-5-6-9-17-14-8-7-13(15-14)12-16-10-11-18(2,3)4/h7-8,13H,5-6,9-12H2,1-4H3. The van der Waals surface area contributed by atoms with E-state index in [1.807, 2.05) is 6.08 Å². The minimum Gasteiger partial charge on any atom is -0.478 e. The van der Waals surface area contributed by atoms with Crippen molar-refractivity contribution in [2.75, 3.05) is 19.8 Å². The van der Waals surface area contributed by atoms with Gasteiger partial charge in [-0.15, -0.1) is 0 Å². The van der Waals surface area contributed by atoms with E-state index in [-0.39, 0.29) is 6.04 Å². The van der Waals surface area contributed by atoms with E-state index in [1.54, 1.807) is 0 Å². The van der Waals surface area contributed by atoms with Crippen LogP contribution >= 0.6 is 0 Å². The third-order valence-corrected chi connectivity index (χ3v) is 4.49. The Labute approximate surface area is 112 Å². The molecule has 0 N–H and O–H groups in total. The normalized spacial score (nSPS) is 19.1. The highest BCUT2D eigenvalue weighted by Gasteiger charge is 2.14. The average molecular weight is 269 g/mol. The van der Waals surface area contributed by atoms with Gasteiger partial charge in [-0.05, 0) is 18.5 Å². The van der Waals surface area contributed by atoms with Crippen molar-refractivity contribution >= 4 is 14.0 Å². The number of ether oxygens (including phenoxy) is 2. The summed E-state index contributed by atoms with van der Waals surface area (Å²) in [7, 11) is -0.973. The van der Waals surface area contributed by atoms with Gasteiger partial charge in [0.1, 0.15) is 0 Å². The molecule has 1 rings (SSSR count). The molecule has 1 unspecified atom stereocenters. The van der Waals surface area contributed by atoms with Crippen LogP contribution in [0.1, 0.15) is 19.8 Å². The first-order valence-electron chi connectivity index (χ1n) is 6.98. The molecule has 0 radical (unpaired) electrons. The number of rotatable bonds is 8. The summed E-state index contributed by atoms with van der Waals surface area (Å²) in [4.78, 5) is 4.46. The minimum absolute atomic E-state index is 0.156. The van der Waals surface area contributed by atoms with Gasteiger partial charge in [0.25, 0.3) is 0 Å². The van der Waals surface area contributed by atoms with Gasteiger partial charge in [-0.1, -0.05) is 39.1 Å². The second-order valence-electron chi connectivity index (χ2n) is 5.98. The van der Waals surface area contributed by atoms with Gasteiger partial charge in [0.15, 0.2) is 0 Å². The van der Waals surface area contributed by atoms with Crippen LogP contribution in [0.4, 0.5) is 0 Å². The lowest BCUT2D eigenvalue weighted by atomic mass is 10.3. The molecule has 1 atom stereocenters. The molecule has 0 aliphatic carbocycles. The van der Waals surface area contributed by atoms with Gasteiger partial charge in [-0.25, -0.2) is 4.99 Å². The summed E-state index contributed by atoms with van der Waals surface area (Å²) >= 11 is 0. The first-order chi connectivity index (χ1) is 8.51. The van der Waals surface area contributed by atoms with Crippen molar-refractivity contribution < 1.29 is 9.47 Å². The molecular formula is C14H27NO2Si. The van der Waals surface area contributed by atoms with Crippen molar-refractivity contribution in [1.82, 2.24) is 0 Å². The van der Waals surface area contributed by atoms with Crippen LogP contribution in [0, 0.1) is 0 Å². The molecule has 0 fully saturated rings. The van der Waals surface area contributed by atoms with Crippen LogP contribution in [0.2, 0.25) is 25.7 Å². The third-order valence-electron chi connectivity index (χ3n) is 2.79. The average Bonchev–Trinajstić information content (AvgIpc) is 2.72. The summed E-state index contributed by atoms with van der Waals surface area (Å²) in [5.41, 5.74) is 0. The van der Waals surface area contributed by atoms with Crippen LogP contribution in [0.15, 0.2) is 17.1 Å².